The third kappa shape index (κ3) is 3.21. The van der Waals surface area contributed by atoms with E-state index in [4.69, 9.17) is 5.73 Å². The molecule has 98 valence electrons. The second-order valence-electron chi connectivity index (χ2n) is 3.49. The van der Waals surface area contributed by atoms with E-state index >= 15 is 0 Å². The largest absolute Gasteiger partial charge is 0.377 e. The lowest BCUT2D eigenvalue weighted by molar-refractivity contribution is 0.0995. The van der Waals surface area contributed by atoms with Gasteiger partial charge in [-0.3, -0.25) is 9.48 Å². The van der Waals surface area contributed by atoms with Crippen LogP contribution in [0.2, 0.25) is 0 Å². The van der Waals surface area contributed by atoms with Crippen LogP contribution in [0.3, 0.4) is 0 Å². The number of hydrogen-bond donors (Lipinski definition) is 2. The van der Waals surface area contributed by atoms with Crippen LogP contribution in [-0.2, 0) is 13.6 Å². The summed E-state index contributed by atoms with van der Waals surface area (Å²) in [6.07, 6.45) is 1.66. The molecule has 0 aliphatic heterocycles. The zero-order valence-electron chi connectivity index (χ0n) is 9.51. The predicted molar refractivity (Wildman–Crippen MR) is 70.6 cm³/mol. The van der Waals surface area contributed by atoms with Crippen molar-refractivity contribution < 1.29 is 9.18 Å². The van der Waals surface area contributed by atoms with E-state index in [1.54, 1.807) is 19.3 Å². The molecule has 0 aromatic carbocycles. The molecular formula is C10H12ClFN4OS. The Hall–Kier alpha value is -1.60. The maximum absolute atomic E-state index is 12.8. The standard InChI is InChI=1S/C10H11FN4OS.ClH/c1-15-5-7(9(14-15)10(12)16)13-4-6-2-3-8(11)17-6;/h2-3,5,13H,4H2,1H3,(H2,12,16);1H. The summed E-state index contributed by atoms with van der Waals surface area (Å²) < 4.78 is 14.3. The molecule has 2 aromatic rings. The Morgan fingerprint density at radius 3 is 2.89 bits per heavy atom. The molecule has 0 fully saturated rings. The van der Waals surface area contributed by atoms with Gasteiger partial charge in [0, 0.05) is 24.7 Å². The molecule has 18 heavy (non-hydrogen) atoms. The summed E-state index contributed by atoms with van der Waals surface area (Å²) in [5.41, 5.74) is 5.92. The third-order valence-corrected chi connectivity index (χ3v) is 3.02. The number of nitrogens with two attached hydrogens (primary N) is 1. The molecule has 0 saturated carbocycles. The van der Waals surface area contributed by atoms with Gasteiger partial charge >= 0.3 is 0 Å². The van der Waals surface area contributed by atoms with Crippen LogP contribution in [0.25, 0.3) is 0 Å². The van der Waals surface area contributed by atoms with E-state index in [-0.39, 0.29) is 23.2 Å². The van der Waals surface area contributed by atoms with Crippen molar-refractivity contribution in [3.63, 3.8) is 0 Å². The van der Waals surface area contributed by atoms with Crippen molar-refractivity contribution in [3.05, 3.63) is 34.0 Å². The highest BCUT2D eigenvalue weighted by Crippen LogP contribution is 2.18. The van der Waals surface area contributed by atoms with Crippen molar-refractivity contribution in [3.8, 4) is 0 Å². The summed E-state index contributed by atoms with van der Waals surface area (Å²) in [5, 5.41) is 6.71. The van der Waals surface area contributed by atoms with E-state index in [0.29, 0.717) is 12.2 Å². The molecule has 0 aliphatic rings. The van der Waals surface area contributed by atoms with E-state index in [1.165, 1.54) is 10.7 Å². The number of hydrogen-bond acceptors (Lipinski definition) is 4. The molecule has 0 radical (unpaired) electrons. The first-order valence-electron chi connectivity index (χ1n) is 4.88. The molecule has 2 rings (SSSR count). The van der Waals surface area contributed by atoms with Crippen molar-refractivity contribution in [2.75, 3.05) is 5.32 Å². The predicted octanol–water partition coefficient (Wildman–Crippen LogP) is 1.75. The third-order valence-electron chi connectivity index (χ3n) is 2.14. The minimum atomic E-state index is -0.592. The number of nitrogens with zero attached hydrogens (tertiary/aromatic N) is 2. The van der Waals surface area contributed by atoms with E-state index in [9.17, 15) is 9.18 Å². The first-order chi connectivity index (χ1) is 8.06. The summed E-state index contributed by atoms with van der Waals surface area (Å²) in [4.78, 5) is 11.9. The topological polar surface area (TPSA) is 72.9 Å². The molecule has 3 N–H and O–H groups in total. The molecule has 2 heterocycles. The molecular weight excluding hydrogens is 279 g/mol. The lowest BCUT2D eigenvalue weighted by Crippen LogP contribution is -2.14. The van der Waals surface area contributed by atoms with Crippen LogP contribution in [0.5, 0.6) is 0 Å². The molecule has 0 aliphatic carbocycles. The van der Waals surface area contributed by atoms with Gasteiger partial charge < -0.3 is 11.1 Å². The highest BCUT2D eigenvalue weighted by Gasteiger charge is 2.12. The maximum atomic E-state index is 12.8. The molecule has 0 unspecified atom stereocenters. The highest BCUT2D eigenvalue weighted by atomic mass is 35.5. The van der Waals surface area contributed by atoms with E-state index in [0.717, 1.165) is 16.2 Å². The van der Waals surface area contributed by atoms with Crippen molar-refractivity contribution in [1.82, 2.24) is 9.78 Å². The highest BCUT2D eigenvalue weighted by molar-refractivity contribution is 7.10. The minimum absolute atomic E-state index is 0. The number of amides is 1. The number of aryl methyl sites for hydroxylation is 1. The second kappa shape index (κ2) is 5.83. The van der Waals surface area contributed by atoms with Gasteiger partial charge in [0.1, 0.15) is 0 Å². The van der Waals surface area contributed by atoms with Crippen molar-refractivity contribution >= 4 is 35.3 Å². The van der Waals surface area contributed by atoms with Crippen molar-refractivity contribution in [2.24, 2.45) is 12.8 Å². The van der Waals surface area contributed by atoms with Gasteiger partial charge in [-0.25, -0.2) is 0 Å². The molecule has 0 saturated heterocycles. The average molecular weight is 291 g/mol. The number of thiophene rings is 1. The lowest BCUT2D eigenvalue weighted by atomic mass is 10.3. The number of aromatic nitrogens is 2. The number of halogens is 2. The number of anilines is 1. The fraction of sp³-hybridized carbons (Fsp3) is 0.200. The number of rotatable bonds is 4. The van der Waals surface area contributed by atoms with Gasteiger partial charge in [0.25, 0.3) is 5.91 Å². The Morgan fingerprint density at radius 2 is 2.33 bits per heavy atom. The Labute approximate surface area is 113 Å². The Bertz CT molecular complexity index is 554. The molecule has 0 bridgehead atoms. The number of carbonyl (C=O) groups excluding carboxylic acids is 1. The van der Waals surface area contributed by atoms with Crippen LogP contribution >= 0.6 is 23.7 Å². The SMILES string of the molecule is Cl.Cn1cc(NCc2ccc(F)s2)c(C(N)=O)n1. The summed E-state index contributed by atoms with van der Waals surface area (Å²) in [5.74, 6) is -0.592. The fourth-order valence-corrected chi connectivity index (χ4v) is 2.10. The number of primary amides is 1. The van der Waals surface area contributed by atoms with Crippen molar-refractivity contribution in [1.29, 1.82) is 0 Å². The number of carbonyl (C=O) groups is 1. The van der Waals surface area contributed by atoms with Crippen LogP contribution < -0.4 is 11.1 Å². The minimum Gasteiger partial charge on any atom is -0.377 e. The summed E-state index contributed by atoms with van der Waals surface area (Å²) in [7, 11) is 1.70. The van der Waals surface area contributed by atoms with Crippen LogP contribution in [0.15, 0.2) is 18.3 Å². The Kier molecular flexibility index (Phi) is 4.69. The van der Waals surface area contributed by atoms with Crippen LogP contribution in [-0.4, -0.2) is 15.7 Å². The van der Waals surface area contributed by atoms with Crippen LogP contribution in [0, 0.1) is 5.13 Å². The zero-order valence-corrected chi connectivity index (χ0v) is 11.1. The Balaban J connectivity index is 0.00000162. The van der Waals surface area contributed by atoms with Gasteiger partial charge in [0.2, 0.25) is 0 Å². The fourth-order valence-electron chi connectivity index (χ4n) is 1.43. The second-order valence-corrected chi connectivity index (χ2v) is 4.61. The van der Waals surface area contributed by atoms with Gasteiger partial charge in [0.05, 0.1) is 5.69 Å². The van der Waals surface area contributed by atoms with E-state index in [2.05, 4.69) is 10.4 Å². The molecule has 0 spiro atoms. The van der Waals surface area contributed by atoms with Gasteiger partial charge in [-0.15, -0.1) is 23.7 Å². The van der Waals surface area contributed by atoms with Gasteiger partial charge in [0.15, 0.2) is 10.8 Å². The molecule has 2 aromatic heterocycles. The van der Waals surface area contributed by atoms with Gasteiger partial charge in [-0.05, 0) is 12.1 Å². The monoisotopic (exact) mass is 290 g/mol. The Morgan fingerprint density at radius 1 is 1.61 bits per heavy atom. The first kappa shape index (κ1) is 14.5. The first-order valence-corrected chi connectivity index (χ1v) is 5.69. The van der Waals surface area contributed by atoms with Crippen LogP contribution in [0.1, 0.15) is 15.4 Å². The maximum Gasteiger partial charge on any atom is 0.271 e. The smallest absolute Gasteiger partial charge is 0.271 e. The van der Waals surface area contributed by atoms with E-state index < -0.39 is 5.91 Å². The summed E-state index contributed by atoms with van der Waals surface area (Å²) >= 11 is 1.06. The van der Waals surface area contributed by atoms with Gasteiger partial charge in [-0.2, -0.15) is 9.49 Å². The lowest BCUT2D eigenvalue weighted by Gasteiger charge is -2.02. The van der Waals surface area contributed by atoms with Crippen LogP contribution in [0.4, 0.5) is 10.1 Å². The molecule has 5 nitrogen and oxygen atoms in total. The van der Waals surface area contributed by atoms with Crippen molar-refractivity contribution in [2.45, 2.75) is 6.54 Å². The summed E-state index contributed by atoms with van der Waals surface area (Å²) in [6.45, 7) is 0.431. The molecule has 0 atom stereocenters. The molecule has 1 amide bonds. The summed E-state index contributed by atoms with van der Waals surface area (Å²) in [6, 6.07) is 3.09. The van der Waals surface area contributed by atoms with Gasteiger partial charge in [-0.1, -0.05) is 0 Å². The normalized spacial score (nSPS) is 9.89. The number of nitrogens with one attached hydrogen (secondary N) is 1. The molecule has 8 heteroatoms. The van der Waals surface area contributed by atoms with E-state index in [1.807, 2.05) is 0 Å². The quantitative estimate of drug-likeness (QED) is 0.901. The average Bonchev–Trinajstić information content (AvgIpc) is 2.82. The zero-order chi connectivity index (χ0) is 12.4.